The van der Waals surface area contributed by atoms with Gasteiger partial charge >= 0.3 is 5.97 Å². The van der Waals surface area contributed by atoms with Gasteiger partial charge in [-0.15, -0.1) is 0 Å². The maximum Gasteiger partial charge on any atom is 0.341 e. The second-order valence-corrected chi connectivity index (χ2v) is 5.85. The number of nitrogens with zero attached hydrogens (tertiary/aromatic N) is 1. The number of aromatic nitrogens is 2. The van der Waals surface area contributed by atoms with Crippen LogP contribution in [-0.4, -0.2) is 44.1 Å². The lowest BCUT2D eigenvalue weighted by molar-refractivity contribution is 0.0523. The smallest absolute Gasteiger partial charge is 0.341 e. The third-order valence-corrected chi connectivity index (χ3v) is 4.25. The third-order valence-electron chi connectivity index (χ3n) is 4.25. The van der Waals surface area contributed by atoms with Gasteiger partial charge in [0.15, 0.2) is 11.5 Å². The Morgan fingerprint density at radius 2 is 1.82 bits per heavy atom. The van der Waals surface area contributed by atoms with Gasteiger partial charge in [0.25, 0.3) is 0 Å². The molecule has 7 heteroatoms. The normalized spacial score (nSPS) is 11.0. The molecule has 0 radical (unpaired) electrons. The minimum Gasteiger partial charge on any atom is -0.495 e. The van der Waals surface area contributed by atoms with E-state index in [-0.39, 0.29) is 6.61 Å². The molecular weight excluding hydrogens is 360 g/mol. The van der Waals surface area contributed by atoms with E-state index in [1.807, 2.05) is 30.4 Å². The first-order chi connectivity index (χ1) is 13.6. The molecule has 0 bridgehead atoms. The second-order valence-electron chi connectivity index (χ2n) is 5.85. The molecule has 0 aliphatic carbocycles. The summed E-state index contributed by atoms with van der Waals surface area (Å²) in [7, 11) is 4.71. The summed E-state index contributed by atoms with van der Waals surface area (Å²) in [5.74, 6) is 1.29. The van der Waals surface area contributed by atoms with E-state index in [9.17, 15) is 4.79 Å². The Balaban J connectivity index is 2.03. The highest BCUT2D eigenvalue weighted by Crippen LogP contribution is 2.33. The van der Waals surface area contributed by atoms with E-state index in [0.29, 0.717) is 33.9 Å². The molecule has 0 spiro atoms. The predicted octanol–water partition coefficient (Wildman–Crippen LogP) is 3.94. The summed E-state index contributed by atoms with van der Waals surface area (Å²) in [6.07, 6.45) is 3.74. The van der Waals surface area contributed by atoms with Gasteiger partial charge in [-0.3, -0.25) is 5.10 Å². The molecule has 28 heavy (non-hydrogen) atoms. The topological polar surface area (TPSA) is 82.7 Å². The minimum atomic E-state index is -0.433. The lowest BCUT2D eigenvalue weighted by Crippen LogP contribution is -2.07. The van der Waals surface area contributed by atoms with Crippen LogP contribution in [0.4, 0.5) is 0 Å². The van der Waals surface area contributed by atoms with Crippen LogP contribution in [0, 0.1) is 0 Å². The average molecular weight is 382 g/mol. The van der Waals surface area contributed by atoms with Crippen molar-refractivity contribution in [1.82, 2.24) is 10.2 Å². The van der Waals surface area contributed by atoms with Crippen molar-refractivity contribution in [2.75, 3.05) is 27.9 Å². The predicted molar refractivity (Wildman–Crippen MR) is 107 cm³/mol. The number of esters is 1. The highest BCUT2D eigenvalue weighted by atomic mass is 16.5. The molecule has 0 aliphatic heterocycles. The van der Waals surface area contributed by atoms with Crippen LogP contribution < -0.4 is 14.2 Å². The quantitative estimate of drug-likeness (QED) is 0.624. The molecule has 3 rings (SSSR count). The fourth-order valence-corrected chi connectivity index (χ4v) is 2.94. The fraction of sp³-hybridized carbons (Fsp3) is 0.238. The van der Waals surface area contributed by atoms with Gasteiger partial charge in [-0.1, -0.05) is 12.1 Å². The number of methoxy groups -OCH3 is 3. The molecule has 0 amide bonds. The van der Waals surface area contributed by atoms with Crippen molar-refractivity contribution >= 4 is 29.0 Å². The van der Waals surface area contributed by atoms with E-state index in [1.54, 1.807) is 33.3 Å². The molecule has 3 aromatic rings. The SMILES string of the molecule is CCOC(=O)c1ccc2[nH]nc(C=Cc3ccc(OC)c(OC)c3)c2c1OC. The van der Waals surface area contributed by atoms with E-state index in [1.165, 1.54) is 7.11 Å². The number of benzene rings is 2. The largest absolute Gasteiger partial charge is 0.495 e. The minimum absolute atomic E-state index is 0.289. The van der Waals surface area contributed by atoms with Crippen molar-refractivity contribution < 1.29 is 23.7 Å². The van der Waals surface area contributed by atoms with Crippen molar-refractivity contribution in [2.24, 2.45) is 0 Å². The Hall–Kier alpha value is -3.48. The van der Waals surface area contributed by atoms with Gasteiger partial charge < -0.3 is 18.9 Å². The summed E-state index contributed by atoms with van der Waals surface area (Å²) >= 11 is 0. The summed E-state index contributed by atoms with van der Waals surface area (Å²) in [4.78, 5) is 12.2. The summed E-state index contributed by atoms with van der Waals surface area (Å²) in [5.41, 5.74) is 2.68. The Bertz CT molecular complexity index is 1020. The number of H-pyrrole nitrogens is 1. The zero-order valence-corrected chi connectivity index (χ0v) is 16.2. The number of ether oxygens (including phenoxy) is 4. The van der Waals surface area contributed by atoms with Crippen LogP contribution in [0.1, 0.15) is 28.5 Å². The highest BCUT2D eigenvalue weighted by Gasteiger charge is 2.19. The first-order valence-electron chi connectivity index (χ1n) is 8.75. The van der Waals surface area contributed by atoms with Crippen molar-refractivity contribution in [3.8, 4) is 17.2 Å². The number of nitrogens with one attached hydrogen (secondary N) is 1. The van der Waals surface area contributed by atoms with Crippen LogP contribution in [-0.2, 0) is 4.74 Å². The summed E-state index contributed by atoms with van der Waals surface area (Å²) < 4.78 is 21.2. The summed E-state index contributed by atoms with van der Waals surface area (Å²) in [6, 6.07) is 9.06. The molecule has 1 N–H and O–H groups in total. The maximum absolute atomic E-state index is 12.2. The van der Waals surface area contributed by atoms with Crippen molar-refractivity contribution in [3.63, 3.8) is 0 Å². The van der Waals surface area contributed by atoms with Crippen molar-refractivity contribution in [2.45, 2.75) is 6.92 Å². The van der Waals surface area contributed by atoms with E-state index < -0.39 is 5.97 Å². The van der Waals surface area contributed by atoms with Gasteiger partial charge in [-0.05, 0) is 42.8 Å². The van der Waals surface area contributed by atoms with E-state index in [0.717, 1.165) is 11.1 Å². The van der Waals surface area contributed by atoms with Crippen LogP contribution >= 0.6 is 0 Å². The second kappa shape index (κ2) is 8.47. The molecule has 7 nitrogen and oxygen atoms in total. The average Bonchev–Trinajstić information content (AvgIpc) is 3.14. The number of carbonyl (C=O) groups is 1. The summed E-state index contributed by atoms with van der Waals surface area (Å²) in [6.45, 7) is 2.05. The molecule has 1 heterocycles. The van der Waals surface area contributed by atoms with E-state index in [4.69, 9.17) is 18.9 Å². The first kappa shape index (κ1) is 19.3. The number of aromatic amines is 1. The Labute approximate surface area is 162 Å². The van der Waals surface area contributed by atoms with E-state index in [2.05, 4.69) is 10.2 Å². The number of carbonyl (C=O) groups excluding carboxylic acids is 1. The fourth-order valence-electron chi connectivity index (χ4n) is 2.94. The van der Waals surface area contributed by atoms with E-state index >= 15 is 0 Å². The first-order valence-corrected chi connectivity index (χ1v) is 8.75. The highest BCUT2D eigenvalue weighted by molar-refractivity contribution is 6.03. The number of rotatable bonds is 7. The summed E-state index contributed by atoms with van der Waals surface area (Å²) in [5, 5.41) is 8.01. The molecular formula is C21H22N2O5. The van der Waals surface area contributed by atoms with Crippen LogP contribution in [0.2, 0.25) is 0 Å². The van der Waals surface area contributed by atoms with Crippen LogP contribution in [0.15, 0.2) is 30.3 Å². The van der Waals surface area contributed by atoms with Gasteiger partial charge in [0.05, 0.1) is 44.5 Å². The lowest BCUT2D eigenvalue weighted by atomic mass is 10.1. The van der Waals surface area contributed by atoms with Gasteiger partial charge in [-0.2, -0.15) is 5.10 Å². The molecule has 2 aromatic carbocycles. The van der Waals surface area contributed by atoms with Gasteiger partial charge in [0, 0.05) is 0 Å². The number of fused-ring (bicyclic) bond motifs is 1. The third kappa shape index (κ3) is 3.64. The standard InChI is InChI=1S/C21H22N2O5/c1-5-28-21(24)14-8-10-16-19(20(14)27-4)15(22-23-16)9-6-13-7-11-17(25-2)18(12-13)26-3/h6-12H,5H2,1-4H3,(H,22,23). The van der Waals surface area contributed by atoms with Crippen molar-refractivity contribution in [1.29, 1.82) is 0 Å². The molecule has 0 aliphatic rings. The van der Waals surface area contributed by atoms with Crippen LogP contribution in [0.3, 0.4) is 0 Å². The monoisotopic (exact) mass is 382 g/mol. The van der Waals surface area contributed by atoms with Crippen LogP contribution in [0.25, 0.3) is 23.1 Å². The zero-order valence-electron chi connectivity index (χ0n) is 16.2. The Morgan fingerprint density at radius 3 is 2.50 bits per heavy atom. The van der Waals surface area contributed by atoms with Gasteiger partial charge in [-0.25, -0.2) is 4.79 Å². The zero-order chi connectivity index (χ0) is 20.1. The molecule has 0 fully saturated rings. The van der Waals surface area contributed by atoms with Gasteiger partial charge in [0.2, 0.25) is 0 Å². The molecule has 0 saturated carbocycles. The van der Waals surface area contributed by atoms with Gasteiger partial charge in [0.1, 0.15) is 11.3 Å². The Morgan fingerprint density at radius 1 is 1.04 bits per heavy atom. The molecule has 146 valence electrons. The molecule has 1 aromatic heterocycles. The maximum atomic E-state index is 12.2. The number of hydrogen-bond acceptors (Lipinski definition) is 6. The Kier molecular flexibility index (Phi) is 5.84. The molecule has 0 unspecified atom stereocenters. The molecule has 0 saturated heterocycles. The van der Waals surface area contributed by atoms with Crippen molar-refractivity contribution in [3.05, 3.63) is 47.2 Å². The lowest BCUT2D eigenvalue weighted by Gasteiger charge is -2.09. The molecule has 0 atom stereocenters. The number of hydrogen-bond donors (Lipinski definition) is 1. The van der Waals surface area contributed by atoms with Crippen LogP contribution in [0.5, 0.6) is 17.2 Å².